The molecule has 0 fully saturated rings. The molecule has 1 heterocycles. The molecule has 0 radical (unpaired) electrons. The van der Waals surface area contributed by atoms with E-state index < -0.39 is 0 Å². The van der Waals surface area contributed by atoms with Crippen LogP contribution in [-0.4, -0.2) is 11.1 Å². The molecule has 0 saturated carbocycles. The van der Waals surface area contributed by atoms with E-state index in [1.807, 2.05) is 44.2 Å². The Labute approximate surface area is 106 Å². The highest BCUT2D eigenvalue weighted by Crippen LogP contribution is 2.27. The van der Waals surface area contributed by atoms with E-state index >= 15 is 0 Å². The Hall–Kier alpha value is -2.10. The Morgan fingerprint density at radius 3 is 2.67 bits per heavy atom. The Morgan fingerprint density at radius 2 is 2.06 bits per heavy atom. The van der Waals surface area contributed by atoms with E-state index in [9.17, 15) is 4.79 Å². The molecule has 1 aromatic carbocycles. The average Bonchev–Trinajstić information content (AvgIpc) is 2.72. The Balaban J connectivity index is 2.36. The molecule has 0 aliphatic carbocycles. The van der Waals surface area contributed by atoms with Crippen molar-refractivity contribution >= 4 is 5.91 Å². The molecule has 94 valence electrons. The molecule has 0 spiro atoms. The van der Waals surface area contributed by atoms with E-state index in [-0.39, 0.29) is 11.8 Å². The van der Waals surface area contributed by atoms with Gasteiger partial charge in [0.05, 0.1) is 5.69 Å². The lowest BCUT2D eigenvalue weighted by molar-refractivity contribution is -0.121. The molecule has 0 aliphatic heterocycles. The van der Waals surface area contributed by atoms with Crippen molar-refractivity contribution in [3.63, 3.8) is 0 Å². The van der Waals surface area contributed by atoms with Crippen molar-refractivity contribution in [2.24, 2.45) is 11.7 Å². The maximum atomic E-state index is 11.2. The average molecular weight is 244 g/mol. The molecule has 1 aromatic heterocycles. The number of hydrogen-bond donors (Lipinski definition) is 1. The molecule has 4 nitrogen and oxygen atoms in total. The van der Waals surface area contributed by atoms with Gasteiger partial charge >= 0.3 is 0 Å². The van der Waals surface area contributed by atoms with E-state index in [4.69, 9.17) is 10.3 Å². The monoisotopic (exact) mass is 244 g/mol. The summed E-state index contributed by atoms with van der Waals surface area (Å²) in [6.45, 7) is 3.68. The first kappa shape index (κ1) is 12.4. The molecule has 1 amide bonds. The largest absolute Gasteiger partial charge is 0.369 e. The summed E-state index contributed by atoms with van der Waals surface area (Å²) in [5, 5.41) is 3.98. The number of primary amides is 1. The van der Waals surface area contributed by atoms with E-state index in [0.717, 1.165) is 22.6 Å². The minimum atomic E-state index is -0.311. The van der Waals surface area contributed by atoms with E-state index in [2.05, 4.69) is 5.16 Å². The van der Waals surface area contributed by atoms with Crippen LogP contribution in [0.4, 0.5) is 0 Å². The molecule has 2 rings (SSSR count). The predicted octanol–water partition coefficient (Wildman–Crippen LogP) is 2.31. The van der Waals surface area contributed by atoms with Crippen LogP contribution in [0.5, 0.6) is 0 Å². The van der Waals surface area contributed by atoms with Gasteiger partial charge in [-0.2, -0.15) is 0 Å². The van der Waals surface area contributed by atoms with Crippen molar-refractivity contribution in [2.45, 2.75) is 20.3 Å². The second-order valence-corrected chi connectivity index (χ2v) is 4.45. The quantitative estimate of drug-likeness (QED) is 0.897. The number of rotatable bonds is 4. The van der Waals surface area contributed by atoms with Gasteiger partial charge in [-0.15, -0.1) is 0 Å². The molecule has 2 N–H and O–H groups in total. The first-order valence-corrected chi connectivity index (χ1v) is 5.89. The number of benzene rings is 1. The zero-order valence-corrected chi connectivity index (χ0v) is 10.5. The minimum absolute atomic E-state index is 0.231. The van der Waals surface area contributed by atoms with E-state index in [1.54, 1.807) is 0 Å². The maximum Gasteiger partial charge on any atom is 0.220 e. The lowest BCUT2D eigenvalue weighted by Crippen LogP contribution is -2.22. The van der Waals surface area contributed by atoms with Crippen molar-refractivity contribution in [3.05, 3.63) is 41.6 Å². The van der Waals surface area contributed by atoms with Gasteiger partial charge in [-0.25, -0.2) is 0 Å². The zero-order chi connectivity index (χ0) is 13.1. The number of aryl methyl sites for hydroxylation is 1. The fourth-order valence-corrected chi connectivity index (χ4v) is 1.85. The third-order valence-corrected chi connectivity index (χ3v) is 3.02. The smallest absolute Gasteiger partial charge is 0.220 e. The first-order valence-electron chi connectivity index (χ1n) is 5.89. The highest BCUT2D eigenvalue weighted by molar-refractivity contribution is 5.77. The molecule has 1 atom stereocenters. The van der Waals surface area contributed by atoms with Crippen LogP contribution in [0.15, 0.2) is 34.9 Å². The summed E-state index contributed by atoms with van der Waals surface area (Å²) in [6.07, 6.45) is 0.550. The van der Waals surface area contributed by atoms with Crippen LogP contribution in [0.1, 0.15) is 18.2 Å². The van der Waals surface area contributed by atoms with Gasteiger partial charge in [0.25, 0.3) is 0 Å². The molecule has 4 heteroatoms. The number of nitrogens with two attached hydrogens (primary N) is 1. The number of nitrogens with zero attached hydrogens (tertiary/aromatic N) is 1. The normalized spacial score (nSPS) is 12.3. The van der Waals surface area contributed by atoms with Crippen LogP contribution in [-0.2, 0) is 11.2 Å². The summed E-state index contributed by atoms with van der Waals surface area (Å²) in [5.41, 5.74) is 8.02. The summed E-state index contributed by atoms with van der Waals surface area (Å²) in [6, 6.07) is 9.73. The van der Waals surface area contributed by atoms with Gasteiger partial charge in [-0.3, -0.25) is 4.79 Å². The second kappa shape index (κ2) is 5.04. The lowest BCUT2D eigenvalue weighted by atomic mass is 9.97. The van der Waals surface area contributed by atoms with Crippen molar-refractivity contribution < 1.29 is 9.32 Å². The van der Waals surface area contributed by atoms with Crippen molar-refractivity contribution in [1.29, 1.82) is 0 Å². The lowest BCUT2D eigenvalue weighted by Gasteiger charge is -2.07. The van der Waals surface area contributed by atoms with Gasteiger partial charge in [0.1, 0.15) is 0 Å². The van der Waals surface area contributed by atoms with Gasteiger partial charge < -0.3 is 10.3 Å². The topological polar surface area (TPSA) is 69.1 Å². The second-order valence-electron chi connectivity index (χ2n) is 4.45. The SMILES string of the molecule is Cc1noc(-c2ccccc2)c1CC(C)C(N)=O. The van der Waals surface area contributed by atoms with Crippen LogP contribution in [0, 0.1) is 12.8 Å². The van der Waals surface area contributed by atoms with Crippen LogP contribution >= 0.6 is 0 Å². The third kappa shape index (κ3) is 2.42. The molecular formula is C14H16N2O2. The number of carbonyl (C=O) groups is 1. The summed E-state index contributed by atoms with van der Waals surface area (Å²) in [5.74, 6) is 0.182. The number of amides is 1. The predicted molar refractivity (Wildman–Crippen MR) is 68.7 cm³/mol. The molecule has 0 bridgehead atoms. The van der Waals surface area contributed by atoms with Crippen molar-refractivity contribution in [2.75, 3.05) is 0 Å². The Morgan fingerprint density at radius 1 is 1.39 bits per heavy atom. The van der Waals surface area contributed by atoms with Crippen molar-refractivity contribution in [1.82, 2.24) is 5.16 Å². The van der Waals surface area contributed by atoms with Crippen LogP contribution < -0.4 is 5.73 Å². The number of aromatic nitrogens is 1. The highest BCUT2D eigenvalue weighted by atomic mass is 16.5. The van der Waals surface area contributed by atoms with Crippen LogP contribution in [0.2, 0.25) is 0 Å². The van der Waals surface area contributed by atoms with E-state index in [1.165, 1.54) is 0 Å². The van der Waals surface area contributed by atoms with Gasteiger partial charge in [-0.1, -0.05) is 42.4 Å². The van der Waals surface area contributed by atoms with Crippen LogP contribution in [0.25, 0.3) is 11.3 Å². The standard InChI is InChI=1S/C14H16N2O2/c1-9(14(15)17)8-12-10(2)16-18-13(12)11-6-4-3-5-7-11/h3-7,9H,8H2,1-2H3,(H2,15,17). The van der Waals surface area contributed by atoms with Crippen LogP contribution in [0.3, 0.4) is 0 Å². The molecule has 1 unspecified atom stereocenters. The molecule has 0 aliphatic rings. The Bertz CT molecular complexity index is 546. The van der Waals surface area contributed by atoms with Gasteiger partial charge in [0.15, 0.2) is 5.76 Å². The zero-order valence-electron chi connectivity index (χ0n) is 10.5. The van der Waals surface area contributed by atoms with Gasteiger partial charge in [0, 0.05) is 17.0 Å². The summed E-state index contributed by atoms with van der Waals surface area (Å²) in [7, 11) is 0. The highest BCUT2D eigenvalue weighted by Gasteiger charge is 2.19. The number of carbonyl (C=O) groups excluding carboxylic acids is 1. The summed E-state index contributed by atoms with van der Waals surface area (Å²) >= 11 is 0. The van der Waals surface area contributed by atoms with Gasteiger partial charge in [-0.05, 0) is 13.3 Å². The molecular weight excluding hydrogens is 228 g/mol. The number of hydrogen-bond acceptors (Lipinski definition) is 3. The summed E-state index contributed by atoms with van der Waals surface area (Å²) < 4.78 is 5.36. The summed E-state index contributed by atoms with van der Waals surface area (Å²) in [4.78, 5) is 11.2. The van der Waals surface area contributed by atoms with E-state index in [0.29, 0.717) is 6.42 Å². The molecule has 18 heavy (non-hydrogen) atoms. The Kier molecular flexibility index (Phi) is 3.46. The molecule has 2 aromatic rings. The first-order chi connectivity index (χ1) is 8.59. The fraction of sp³-hybridized carbons (Fsp3) is 0.286. The minimum Gasteiger partial charge on any atom is -0.369 e. The molecule has 0 saturated heterocycles. The maximum absolute atomic E-state index is 11.2. The fourth-order valence-electron chi connectivity index (χ4n) is 1.85. The third-order valence-electron chi connectivity index (χ3n) is 3.02. The van der Waals surface area contributed by atoms with Gasteiger partial charge in [0.2, 0.25) is 5.91 Å². The van der Waals surface area contributed by atoms with Crippen molar-refractivity contribution in [3.8, 4) is 11.3 Å².